The number of carbonyl (C=O) groups is 2. The molecule has 1 aliphatic rings. The minimum Gasteiger partial charge on any atom is -0.486 e. The predicted octanol–water partition coefficient (Wildman–Crippen LogP) is 2.47. The molecule has 6 heteroatoms. The highest BCUT2D eigenvalue weighted by Crippen LogP contribution is 2.25. The quantitative estimate of drug-likeness (QED) is 0.929. The number of nitrogens with zero attached hydrogens (tertiary/aromatic N) is 1. The average Bonchev–Trinajstić information content (AvgIpc) is 2.94. The summed E-state index contributed by atoms with van der Waals surface area (Å²) >= 11 is 0. The van der Waals surface area contributed by atoms with E-state index in [-0.39, 0.29) is 18.1 Å². The number of benzene rings is 1. The van der Waals surface area contributed by atoms with Crippen LogP contribution in [0.5, 0.6) is 5.75 Å². The van der Waals surface area contributed by atoms with Crippen LogP contribution in [0.3, 0.4) is 0 Å². The first-order valence-corrected chi connectivity index (χ1v) is 6.61. The Labute approximate surface area is 120 Å². The van der Waals surface area contributed by atoms with Crippen molar-refractivity contribution in [3.8, 4) is 5.75 Å². The standard InChI is InChI=1S/C15H13NO5/c17-14-3-1-2-9-6-10(4-5-12(9)14)20-8-11-7-13(15(18)19)16-21-11/h4-7H,1-3,8H2,(H,18,19). The van der Waals surface area contributed by atoms with Crippen molar-refractivity contribution in [2.45, 2.75) is 25.9 Å². The van der Waals surface area contributed by atoms with Crippen molar-refractivity contribution >= 4 is 11.8 Å². The van der Waals surface area contributed by atoms with Gasteiger partial charge in [-0.2, -0.15) is 0 Å². The Morgan fingerprint density at radius 3 is 2.95 bits per heavy atom. The first-order chi connectivity index (χ1) is 10.1. The Kier molecular flexibility index (Phi) is 3.43. The van der Waals surface area contributed by atoms with Crippen molar-refractivity contribution < 1.29 is 24.0 Å². The summed E-state index contributed by atoms with van der Waals surface area (Å²) in [7, 11) is 0. The molecule has 3 rings (SSSR count). The molecule has 0 amide bonds. The van der Waals surface area contributed by atoms with Crippen LogP contribution in [0.15, 0.2) is 28.8 Å². The molecule has 1 aromatic heterocycles. The molecular formula is C15H13NO5. The van der Waals surface area contributed by atoms with Crippen LogP contribution in [0, 0.1) is 0 Å². The van der Waals surface area contributed by atoms with Crippen LogP contribution < -0.4 is 4.74 Å². The van der Waals surface area contributed by atoms with Gasteiger partial charge < -0.3 is 14.4 Å². The van der Waals surface area contributed by atoms with Gasteiger partial charge in [0.2, 0.25) is 0 Å². The van der Waals surface area contributed by atoms with Crippen molar-refractivity contribution in [1.82, 2.24) is 5.16 Å². The number of ketones is 1. The van der Waals surface area contributed by atoms with Gasteiger partial charge in [0.1, 0.15) is 12.4 Å². The van der Waals surface area contributed by atoms with E-state index in [1.807, 2.05) is 6.07 Å². The lowest BCUT2D eigenvalue weighted by Crippen LogP contribution is -2.10. The van der Waals surface area contributed by atoms with Gasteiger partial charge in [-0.25, -0.2) is 4.79 Å². The SMILES string of the molecule is O=C(O)c1cc(COc2ccc3c(c2)CCCC3=O)on1. The van der Waals surface area contributed by atoms with Gasteiger partial charge >= 0.3 is 5.97 Å². The summed E-state index contributed by atoms with van der Waals surface area (Å²) in [5.41, 5.74) is 1.61. The fourth-order valence-electron chi connectivity index (χ4n) is 2.35. The zero-order valence-electron chi connectivity index (χ0n) is 11.2. The number of carboxylic acid groups (broad SMARTS) is 1. The lowest BCUT2D eigenvalue weighted by molar-refractivity contribution is 0.0685. The highest BCUT2D eigenvalue weighted by atomic mass is 16.5. The maximum Gasteiger partial charge on any atom is 0.358 e. The third-order valence-corrected chi connectivity index (χ3v) is 3.39. The number of carboxylic acids is 1. The van der Waals surface area contributed by atoms with E-state index in [2.05, 4.69) is 5.16 Å². The van der Waals surface area contributed by atoms with Crippen molar-refractivity contribution in [3.63, 3.8) is 0 Å². The van der Waals surface area contributed by atoms with Gasteiger partial charge in [-0.3, -0.25) is 4.79 Å². The minimum absolute atomic E-state index is 0.0903. The van der Waals surface area contributed by atoms with Crippen molar-refractivity contribution in [2.75, 3.05) is 0 Å². The highest BCUT2D eigenvalue weighted by Gasteiger charge is 2.17. The fourth-order valence-corrected chi connectivity index (χ4v) is 2.35. The Morgan fingerprint density at radius 1 is 1.33 bits per heavy atom. The summed E-state index contributed by atoms with van der Waals surface area (Å²) in [6.07, 6.45) is 2.33. The van der Waals surface area contributed by atoms with Crippen molar-refractivity contribution in [1.29, 1.82) is 0 Å². The van der Waals surface area contributed by atoms with Gasteiger partial charge in [-0.1, -0.05) is 5.16 Å². The molecular weight excluding hydrogens is 274 g/mol. The average molecular weight is 287 g/mol. The normalized spacial score (nSPS) is 13.8. The lowest BCUT2D eigenvalue weighted by Gasteiger charge is -2.15. The largest absolute Gasteiger partial charge is 0.486 e. The molecule has 1 aliphatic carbocycles. The van der Waals surface area contributed by atoms with Crippen LogP contribution in [-0.4, -0.2) is 22.0 Å². The summed E-state index contributed by atoms with van der Waals surface area (Å²) in [6.45, 7) is 0.0903. The first kappa shape index (κ1) is 13.4. The second kappa shape index (κ2) is 5.40. The van der Waals surface area contributed by atoms with E-state index in [0.717, 1.165) is 24.0 Å². The van der Waals surface area contributed by atoms with Gasteiger partial charge in [-0.05, 0) is 36.6 Å². The number of hydrogen-bond acceptors (Lipinski definition) is 5. The maximum absolute atomic E-state index is 11.7. The van der Waals surface area contributed by atoms with Crippen LogP contribution in [-0.2, 0) is 13.0 Å². The van der Waals surface area contributed by atoms with Gasteiger partial charge in [0.15, 0.2) is 17.2 Å². The zero-order chi connectivity index (χ0) is 14.8. The minimum atomic E-state index is -1.14. The van der Waals surface area contributed by atoms with Gasteiger partial charge in [0.05, 0.1) is 0 Å². The number of rotatable bonds is 4. The number of carbonyl (C=O) groups excluding carboxylic acids is 1. The molecule has 2 aromatic rings. The first-order valence-electron chi connectivity index (χ1n) is 6.61. The molecule has 1 aromatic carbocycles. The van der Waals surface area contributed by atoms with Crippen molar-refractivity contribution in [2.24, 2.45) is 0 Å². The number of ether oxygens (including phenoxy) is 1. The molecule has 0 saturated heterocycles. The second-order valence-electron chi connectivity index (χ2n) is 4.87. The van der Waals surface area contributed by atoms with Crippen LogP contribution in [0.2, 0.25) is 0 Å². The molecule has 1 heterocycles. The summed E-state index contributed by atoms with van der Waals surface area (Å²) < 4.78 is 10.4. The molecule has 0 atom stereocenters. The van der Waals surface area contributed by atoms with E-state index >= 15 is 0 Å². The number of hydrogen-bond donors (Lipinski definition) is 1. The van der Waals surface area contributed by atoms with Crippen molar-refractivity contribution in [3.05, 3.63) is 46.8 Å². The van der Waals surface area contributed by atoms with E-state index in [9.17, 15) is 9.59 Å². The van der Waals surface area contributed by atoms with E-state index in [4.69, 9.17) is 14.4 Å². The number of aromatic nitrogens is 1. The number of fused-ring (bicyclic) bond motifs is 1. The van der Waals surface area contributed by atoms with Gasteiger partial charge in [0, 0.05) is 18.1 Å². The van der Waals surface area contributed by atoms with E-state index < -0.39 is 5.97 Å². The van der Waals surface area contributed by atoms with Crippen LogP contribution in [0.4, 0.5) is 0 Å². The molecule has 0 bridgehead atoms. The second-order valence-corrected chi connectivity index (χ2v) is 4.87. The number of Topliss-reactive ketones (excluding diaryl/α,β-unsaturated/α-hetero) is 1. The molecule has 0 aliphatic heterocycles. The Hall–Kier alpha value is -2.63. The molecule has 6 nitrogen and oxygen atoms in total. The fraction of sp³-hybridized carbons (Fsp3) is 0.267. The summed E-state index contributed by atoms with van der Waals surface area (Å²) in [5, 5.41) is 12.2. The molecule has 0 radical (unpaired) electrons. The molecule has 1 N–H and O–H groups in total. The Balaban J connectivity index is 1.70. The predicted molar refractivity (Wildman–Crippen MR) is 71.5 cm³/mol. The van der Waals surface area contributed by atoms with E-state index in [0.29, 0.717) is 17.9 Å². The molecule has 108 valence electrons. The highest BCUT2D eigenvalue weighted by molar-refractivity contribution is 5.98. The lowest BCUT2D eigenvalue weighted by atomic mass is 9.91. The smallest absolute Gasteiger partial charge is 0.358 e. The monoisotopic (exact) mass is 287 g/mol. The third kappa shape index (κ3) is 2.79. The Bertz CT molecular complexity index is 704. The molecule has 0 saturated carbocycles. The molecule has 0 unspecified atom stereocenters. The number of aromatic carboxylic acids is 1. The third-order valence-electron chi connectivity index (χ3n) is 3.39. The van der Waals surface area contributed by atoms with Crippen LogP contribution in [0.1, 0.15) is 45.0 Å². The van der Waals surface area contributed by atoms with Gasteiger partial charge in [0.25, 0.3) is 0 Å². The summed E-state index contributed by atoms with van der Waals surface area (Å²) in [6, 6.07) is 6.68. The molecule has 21 heavy (non-hydrogen) atoms. The van der Waals surface area contributed by atoms with Gasteiger partial charge in [-0.15, -0.1) is 0 Å². The van der Waals surface area contributed by atoms with Crippen LogP contribution in [0.25, 0.3) is 0 Å². The van der Waals surface area contributed by atoms with E-state index in [1.54, 1.807) is 12.1 Å². The topological polar surface area (TPSA) is 89.6 Å². The molecule has 0 fully saturated rings. The van der Waals surface area contributed by atoms with E-state index in [1.165, 1.54) is 6.07 Å². The molecule has 0 spiro atoms. The van der Waals surface area contributed by atoms with Crippen LogP contribution >= 0.6 is 0 Å². The zero-order valence-corrected chi connectivity index (χ0v) is 11.2. The summed E-state index contributed by atoms with van der Waals surface area (Å²) in [4.78, 5) is 22.4. The maximum atomic E-state index is 11.7. The number of aryl methyl sites for hydroxylation is 1. The Morgan fingerprint density at radius 2 is 2.19 bits per heavy atom. The summed E-state index contributed by atoms with van der Waals surface area (Å²) in [5.74, 6) is -0.0145.